The van der Waals surface area contributed by atoms with Gasteiger partial charge in [0, 0.05) is 19.1 Å². The number of aryl methyl sites for hydroxylation is 1. The minimum Gasteiger partial charge on any atom is -0.508 e. The van der Waals surface area contributed by atoms with E-state index >= 15 is 0 Å². The quantitative estimate of drug-likeness (QED) is 0.891. The molecule has 0 radical (unpaired) electrons. The van der Waals surface area contributed by atoms with Crippen LogP contribution < -0.4 is 5.32 Å². The van der Waals surface area contributed by atoms with Crippen molar-refractivity contribution in [3.63, 3.8) is 0 Å². The van der Waals surface area contributed by atoms with Gasteiger partial charge in [-0.25, -0.2) is 4.79 Å². The molecule has 1 fully saturated rings. The van der Waals surface area contributed by atoms with Gasteiger partial charge >= 0.3 is 6.03 Å². The van der Waals surface area contributed by atoms with Gasteiger partial charge in [0.25, 0.3) is 0 Å². The van der Waals surface area contributed by atoms with Crippen molar-refractivity contribution >= 4 is 6.03 Å². The summed E-state index contributed by atoms with van der Waals surface area (Å²) in [4.78, 5) is 14.3. The number of phenolic OH excluding ortho intramolecular Hbond substituents is 1. The Morgan fingerprint density at radius 3 is 2.36 bits per heavy atom. The zero-order chi connectivity index (χ0) is 15.8. The van der Waals surface area contributed by atoms with Crippen molar-refractivity contribution in [3.8, 4) is 5.75 Å². The lowest BCUT2D eigenvalue weighted by Gasteiger charge is -2.27. The second-order valence-electron chi connectivity index (χ2n) is 6.31. The molecule has 0 unspecified atom stereocenters. The van der Waals surface area contributed by atoms with Crippen molar-refractivity contribution in [2.45, 2.75) is 57.9 Å². The maximum atomic E-state index is 12.3. The van der Waals surface area contributed by atoms with Gasteiger partial charge in [0.1, 0.15) is 5.75 Å². The number of carbonyl (C=O) groups excluding carboxylic acids is 1. The van der Waals surface area contributed by atoms with Gasteiger partial charge in [-0.05, 0) is 50.3 Å². The smallest absolute Gasteiger partial charge is 0.317 e. The van der Waals surface area contributed by atoms with Crippen LogP contribution in [0.5, 0.6) is 5.75 Å². The van der Waals surface area contributed by atoms with Crippen LogP contribution in [0.15, 0.2) is 24.3 Å². The molecule has 122 valence electrons. The average Bonchev–Trinajstić information content (AvgIpc) is 2.46. The fourth-order valence-corrected chi connectivity index (χ4v) is 2.87. The van der Waals surface area contributed by atoms with Gasteiger partial charge in [-0.3, -0.25) is 0 Å². The summed E-state index contributed by atoms with van der Waals surface area (Å²) in [6, 6.07) is 7.52. The van der Waals surface area contributed by atoms with Gasteiger partial charge in [0.15, 0.2) is 0 Å². The fourth-order valence-electron chi connectivity index (χ4n) is 2.87. The number of benzene rings is 1. The van der Waals surface area contributed by atoms with Crippen LogP contribution in [0.3, 0.4) is 0 Å². The zero-order valence-electron chi connectivity index (χ0n) is 13.6. The summed E-state index contributed by atoms with van der Waals surface area (Å²) in [5, 5.41) is 12.4. The van der Waals surface area contributed by atoms with Crippen molar-refractivity contribution in [3.05, 3.63) is 29.8 Å². The standard InChI is InChI=1S/C18H28N2O2/c1-15(7-8-16-9-11-17(21)12-10-16)19-18(22)20-13-5-3-2-4-6-14-20/h9-12,15,21H,2-8,13-14H2,1H3,(H,19,22)/t15-/m1/s1. The summed E-state index contributed by atoms with van der Waals surface area (Å²) in [6.45, 7) is 3.83. The molecule has 0 spiro atoms. The van der Waals surface area contributed by atoms with E-state index in [1.165, 1.54) is 24.8 Å². The summed E-state index contributed by atoms with van der Waals surface area (Å²) in [6.07, 6.45) is 7.83. The number of aromatic hydroxyl groups is 1. The Bertz CT molecular complexity index is 451. The molecule has 0 saturated carbocycles. The number of amides is 2. The van der Waals surface area contributed by atoms with Crippen molar-refractivity contribution in [2.24, 2.45) is 0 Å². The van der Waals surface area contributed by atoms with E-state index in [4.69, 9.17) is 0 Å². The van der Waals surface area contributed by atoms with Crippen LogP contribution in [0.1, 0.15) is 51.0 Å². The molecule has 2 amide bonds. The molecule has 0 aliphatic carbocycles. The first-order valence-corrected chi connectivity index (χ1v) is 8.48. The van der Waals surface area contributed by atoms with Gasteiger partial charge in [-0.1, -0.05) is 31.4 Å². The predicted octanol–water partition coefficient (Wildman–Crippen LogP) is 3.69. The largest absolute Gasteiger partial charge is 0.508 e. The number of nitrogens with zero attached hydrogens (tertiary/aromatic N) is 1. The Labute approximate surface area is 133 Å². The highest BCUT2D eigenvalue weighted by molar-refractivity contribution is 5.74. The summed E-state index contributed by atoms with van der Waals surface area (Å²) >= 11 is 0. The van der Waals surface area contributed by atoms with Crippen LogP contribution in [-0.4, -0.2) is 35.2 Å². The van der Waals surface area contributed by atoms with Crippen molar-refractivity contribution in [1.29, 1.82) is 0 Å². The normalized spacial score (nSPS) is 17.4. The number of hydrogen-bond acceptors (Lipinski definition) is 2. The van der Waals surface area contributed by atoms with Gasteiger partial charge in [0.2, 0.25) is 0 Å². The SMILES string of the molecule is C[C@H](CCc1ccc(O)cc1)NC(=O)N1CCCCCCC1. The minimum atomic E-state index is 0.0834. The Hall–Kier alpha value is -1.71. The number of nitrogens with one attached hydrogen (secondary N) is 1. The van der Waals surface area contributed by atoms with E-state index in [1.54, 1.807) is 12.1 Å². The highest BCUT2D eigenvalue weighted by Gasteiger charge is 2.16. The van der Waals surface area contributed by atoms with Crippen molar-refractivity contribution in [2.75, 3.05) is 13.1 Å². The summed E-state index contributed by atoms with van der Waals surface area (Å²) in [7, 11) is 0. The average molecular weight is 304 g/mol. The van der Waals surface area contributed by atoms with Crippen LogP contribution in [0.2, 0.25) is 0 Å². The van der Waals surface area contributed by atoms with E-state index in [-0.39, 0.29) is 12.1 Å². The number of urea groups is 1. The number of phenols is 1. The first-order valence-electron chi connectivity index (χ1n) is 8.48. The summed E-state index contributed by atoms with van der Waals surface area (Å²) < 4.78 is 0. The highest BCUT2D eigenvalue weighted by Crippen LogP contribution is 2.13. The summed E-state index contributed by atoms with van der Waals surface area (Å²) in [5.74, 6) is 0.294. The van der Waals surface area contributed by atoms with Crippen molar-refractivity contribution in [1.82, 2.24) is 10.2 Å². The second kappa shape index (κ2) is 8.66. The third-order valence-electron chi connectivity index (χ3n) is 4.32. The number of hydrogen-bond donors (Lipinski definition) is 2. The molecule has 1 heterocycles. The Morgan fingerprint density at radius 1 is 1.14 bits per heavy atom. The lowest BCUT2D eigenvalue weighted by Crippen LogP contribution is -2.45. The number of likely N-dealkylation sites (tertiary alicyclic amines) is 1. The lowest BCUT2D eigenvalue weighted by atomic mass is 10.1. The van der Waals surface area contributed by atoms with Gasteiger partial charge in [0.05, 0.1) is 0 Å². The molecule has 2 rings (SSSR count). The molecule has 0 bridgehead atoms. The molecule has 2 N–H and O–H groups in total. The van der Waals surface area contributed by atoms with E-state index in [0.29, 0.717) is 5.75 Å². The molecule has 1 aliphatic heterocycles. The lowest BCUT2D eigenvalue weighted by molar-refractivity contribution is 0.188. The topological polar surface area (TPSA) is 52.6 Å². The molecule has 1 aliphatic rings. The molecule has 0 aromatic heterocycles. The van der Waals surface area contributed by atoms with Gasteiger partial charge < -0.3 is 15.3 Å². The predicted molar refractivity (Wildman–Crippen MR) is 89.1 cm³/mol. The van der Waals surface area contributed by atoms with Crippen LogP contribution in [-0.2, 0) is 6.42 Å². The third-order valence-corrected chi connectivity index (χ3v) is 4.32. The first kappa shape index (κ1) is 16.7. The molecule has 22 heavy (non-hydrogen) atoms. The van der Waals surface area contributed by atoms with Crippen LogP contribution in [0.4, 0.5) is 4.79 Å². The van der Waals surface area contributed by atoms with Crippen molar-refractivity contribution < 1.29 is 9.90 Å². The first-order chi connectivity index (χ1) is 10.6. The molecule has 1 aromatic rings. The zero-order valence-corrected chi connectivity index (χ0v) is 13.6. The van der Waals surface area contributed by atoms with E-state index in [0.717, 1.165) is 38.8 Å². The maximum Gasteiger partial charge on any atom is 0.317 e. The van der Waals surface area contributed by atoms with E-state index in [2.05, 4.69) is 12.2 Å². The Balaban J connectivity index is 1.74. The third kappa shape index (κ3) is 5.58. The Kier molecular flexibility index (Phi) is 6.56. The number of carbonyl (C=O) groups is 1. The van der Waals surface area contributed by atoms with Crippen LogP contribution in [0, 0.1) is 0 Å². The molecule has 1 saturated heterocycles. The molecule has 4 nitrogen and oxygen atoms in total. The second-order valence-corrected chi connectivity index (χ2v) is 6.31. The molecule has 4 heteroatoms. The molecule has 1 atom stereocenters. The fraction of sp³-hybridized carbons (Fsp3) is 0.611. The van der Waals surface area contributed by atoms with Gasteiger partial charge in [-0.2, -0.15) is 0 Å². The number of rotatable bonds is 4. The molecular formula is C18H28N2O2. The van der Waals surface area contributed by atoms with E-state index in [9.17, 15) is 9.90 Å². The van der Waals surface area contributed by atoms with E-state index < -0.39 is 0 Å². The van der Waals surface area contributed by atoms with Crippen LogP contribution >= 0.6 is 0 Å². The van der Waals surface area contributed by atoms with E-state index in [1.807, 2.05) is 17.0 Å². The maximum absolute atomic E-state index is 12.3. The monoisotopic (exact) mass is 304 g/mol. The minimum absolute atomic E-state index is 0.0834. The molecular weight excluding hydrogens is 276 g/mol. The highest BCUT2D eigenvalue weighted by atomic mass is 16.3. The van der Waals surface area contributed by atoms with Gasteiger partial charge in [-0.15, -0.1) is 0 Å². The van der Waals surface area contributed by atoms with Crippen LogP contribution in [0.25, 0.3) is 0 Å². The molecule has 1 aromatic carbocycles. The summed E-state index contributed by atoms with van der Waals surface area (Å²) in [5.41, 5.74) is 1.19. The Morgan fingerprint density at radius 2 is 1.73 bits per heavy atom.